The Hall–Kier alpha value is -3.34. The fourth-order valence-corrected chi connectivity index (χ4v) is 3.05. The third kappa shape index (κ3) is 5.57. The summed E-state index contributed by atoms with van der Waals surface area (Å²) in [5, 5.41) is 5.00. The Morgan fingerprint density at radius 2 is 1.66 bits per heavy atom. The van der Waals surface area contributed by atoms with Crippen molar-refractivity contribution in [3.63, 3.8) is 0 Å². The van der Waals surface area contributed by atoms with Gasteiger partial charge in [0.2, 0.25) is 5.91 Å². The molecule has 0 unspecified atom stereocenters. The molecule has 150 valence electrons. The molecule has 3 aromatic rings. The Kier molecular flexibility index (Phi) is 6.50. The summed E-state index contributed by atoms with van der Waals surface area (Å²) < 4.78 is 5.57. The maximum Gasteiger partial charge on any atom is 0.251 e. The van der Waals surface area contributed by atoms with Gasteiger partial charge in [0, 0.05) is 19.2 Å². The number of nitrogens with one attached hydrogen (secondary N) is 1. The van der Waals surface area contributed by atoms with Crippen molar-refractivity contribution in [1.29, 1.82) is 0 Å². The number of carbonyl (C=O) groups excluding carboxylic acids is 2. The number of ether oxygens (including phenoxy) is 1. The van der Waals surface area contributed by atoms with Crippen LogP contribution in [0.1, 0.15) is 29.8 Å². The molecule has 0 saturated heterocycles. The Morgan fingerprint density at radius 3 is 2.34 bits per heavy atom. The Bertz CT molecular complexity index is 996. The van der Waals surface area contributed by atoms with Gasteiger partial charge >= 0.3 is 0 Å². The average Bonchev–Trinajstić information content (AvgIpc) is 2.71. The van der Waals surface area contributed by atoms with Crippen LogP contribution in [-0.4, -0.2) is 36.4 Å². The summed E-state index contributed by atoms with van der Waals surface area (Å²) in [6.07, 6.45) is 0.0745. The van der Waals surface area contributed by atoms with Crippen LogP contribution in [0.15, 0.2) is 66.7 Å². The fourth-order valence-electron chi connectivity index (χ4n) is 3.05. The molecule has 5 nitrogen and oxygen atoms in total. The van der Waals surface area contributed by atoms with Crippen LogP contribution in [0.2, 0.25) is 0 Å². The van der Waals surface area contributed by atoms with Gasteiger partial charge in [-0.1, -0.05) is 36.4 Å². The van der Waals surface area contributed by atoms with Crippen LogP contribution < -0.4 is 10.1 Å². The van der Waals surface area contributed by atoms with Gasteiger partial charge in [-0.2, -0.15) is 0 Å². The highest BCUT2D eigenvalue weighted by Gasteiger charge is 2.12. The Balaban J connectivity index is 1.53. The topological polar surface area (TPSA) is 58.6 Å². The summed E-state index contributed by atoms with van der Waals surface area (Å²) in [5.74, 6) is 0.280. The smallest absolute Gasteiger partial charge is 0.251 e. The van der Waals surface area contributed by atoms with Gasteiger partial charge in [0.1, 0.15) is 5.75 Å². The van der Waals surface area contributed by atoms with Crippen molar-refractivity contribution in [2.45, 2.75) is 26.5 Å². The molecule has 5 heteroatoms. The van der Waals surface area contributed by atoms with Crippen molar-refractivity contribution in [2.75, 3.05) is 13.6 Å². The zero-order valence-electron chi connectivity index (χ0n) is 17.0. The number of rotatable bonds is 7. The lowest BCUT2D eigenvalue weighted by Crippen LogP contribution is -2.37. The highest BCUT2D eigenvalue weighted by Crippen LogP contribution is 2.17. The van der Waals surface area contributed by atoms with Gasteiger partial charge in [-0.3, -0.25) is 9.59 Å². The van der Waals surface area contributed by atoms with Crippen molar-refractivity contribution in [3.05, 3.63) is 77.9 Å². The number of hydrogen-bond acceptors (Lipinski definition) is 3. The van der Waals surface area contributed by atoms with Crippen LogP contribution in [0.3, 0.4) is 0 Å². The summed E-state index contributed by atoms with van der Waals surface area (Å²) in [7, 11) is 1.74. The third-order valence-electron chi connectivity index (χ3n) is 4.55. The number of nitrogens with zero attached hydrogens (tertiary/aromatic N) is 1. The first kappa shape index (κ1) is 20.4. The first-order valence-corrected chi connectivity index (χ1v) is 9.69. The predicted molar refractivity (Wildman–Crippen MR) is 115 cm³/mol. The van der Waals surface area contributed by atoms with E-state index in [2.05, 4.69) is 29.6 Å². The van der Waals surface area contributed by atoms with Gasteiger partial charge in [-0.25, -0.2) is 0 Å². The first-order chi connectivity index (χ1) is 13.9. The van der Waals surface area contributed by atoms with Crippen LogP contribution in [0.4, 0.5) is 0 Å². The van der Waals surface area contributed by atoms with E-state index in [9.17, 15) is 9.59 Å². The van der Waals surface area contributed by atoms with Crippen molar-refractivity contribution < 1.29 is 14.3 Å². The molecule has 1 N–H and O–H groups in total. The molecule has 0 aromatic heterocycles. The highest BCUT2D eigenvalue weighted by atomic mass is 16.5. The number of hydrogen-bond donors (Lipinski definition) is 1. The van der Waals surface area contributed by atoms with Crippen LogP contribution in [0.5, 0.6) is 5.75 Å². The minimum atomic E-state index is -0.284. The number of amides is 2. The van der Waals surface area contributed by atoms with Crippen molar-refractivity contribution in [1.82, 2.24) is 10.2 Å². The minimum Gasteiger partial charge on any atom is -0.491 e. The highest BCUT2D eigenvalue weighted by molar-refractivity contribution is 5.96. The molecule has 0 bridgehead atoms. The molecule has 0 aliphatic carbocycles. The molecule has 0 spiro atoms. The molecular weight excluding hydrogens is 364 g/mol. The van der Waals surface area contributed by atoms with Gasteiger partial charge in [0.25, 0.3) is 5.91 Å². The zero-order chi connectivity index (χ0) is 20.8. The summed E-state index contributed by atoms with van der Waals surface area (Å²) in [6, 6.07) is 21.2. The van der Waals surface area contributed by atoms with Crippen LogP contribution in [0.25, 0.3) is 10.8 Å². The van der Waals surface area contributed by atoms with E-state index in [1.165, 1.54) is 5.39 Å². The molecule has 0 aliphatic heterocycles. The maximum absolute atomic E-state index is 12.4. The summed E-state index contributed by atoms with van der Waals surface area (Å²) in [6.45, 7) is 4.33. The molecular formula is C24H26N2O3. The van der Waals surface area contributed by atoms with E-state index in [1.54, 1.807) is 36.2 Å². The molecule has 0 aliphatic rings. The Labute approximate surface area is 171 Å². The maximum atomic E-state index is 12.4. The normalized spacial score (nSPS) is 10.8. The number of benzene rings is 3. The third-order valence-corrected chi connectivity index (χ3v) is 4.55. The van der Waals surface area contributed by atoms with Gasteiger partial charge < -0.3 is 15.0 Å². The van der Waals surface area contributed by atoms with E-state index in [0.29, 0.717) is 17.9 Å². The van der Waals surface area contributed by atoms with Crippen LogP contribution in [0, 0.1) is 0 Å². The SMILES string of the molecule is CC(C)Oc1ccc(C(=O)NCC(=O)N(C)Cc2ccc3ccccc3c2)cc1. The van der Waals surface area contributed by atoms with Crippen molar-refractivity contribution in [2.24, 2.45) is 0 Å². The van der Waals surface area contributed by atoms with Crippen LogP contribution >= 0.6 is 0 Å². The molecule has 0 fully saturated rings. The number of likely N-dealkylation sites (N-methyl/N-ethyl adjacent to an activating group) is 1. The van der Waals surface area contributed by atoms with Gasteiger partial charge in [-0.05, 0) is 60.5 Å². The second-order valence-electron chi connectivity index (χ2n) is 7.30. The van der Waals surface area contributed by atoms with E-state index in [4.69, 9.17) is 4.74 Å². The second kappa shape index (κ2) is 9.24. The predicted octanol–water partition coefficient (Wildman–Crippen LogP) is 4.02. The molecule has 0 saturated carbocycles. The van der Waals surface area contributed by atoms with Crippen LogP contribution in [-0.2, 0) is 11.3 Å². The zero-order valence-corrected chi connectivity index (χ0v) is 17.0. The van der Waals surface area contributed by atoms with E-state index in [0.717, 1.165) is 10.9 Å². The summed E-state index contributed by atoms with van der Waals surface area (Å²) in [5.41, 5.74) is 1.54. The van der Waals surface area contributed by atoms with E-state index >= 15 is 0 Å². The molecule has 2 amide bonds. The fraction of sp³-hybridized carbons (Fsp3) is 0.250. The van der Waals surface area contributed by atoms with Gasteiger partial charge in [-0.15, -0.1) is 0 Å². The standard InChI is InChI=1S/C24H26N2O3/c1-17(2)29-22-12-10-20(11-13-22)24(28)25-15-23(27)26(3)16-18-8-9-19-6-4-5-7-21(19)14-18/h4-14,17H,15-16H2,1-3H3,(H,25,28). The average molecular weight is 390 g/mol. The Morgan fingerprint density at radius 1 is 0.966 bits per heavy atom. The summed E-state index contributed by atoms with van der Waals surface area (Å²) in [4.78, 5) is 26.3. The largest absolute Gasteiger partial charge is 0.491 e. The molecule has 3 aromatic carbocycles. The van der Waals surface area contributed by atoms with Gasteiger partial charge in [0.05, 0.1) is 12.6 Å². The second-order valence-corrected chi connectivity index (χ2v) is 7.30. The lowest BCUT2D eigenvalue weighted by Gasteiger charge is -2.18. The molecule has 3 rings (SSSR count). The quantitative estimate of drug-likeness (QED) is 0.663. The lowest BCUT2D eigenvalue weighted by molar-refractivity contribution is -0.129. The lowest BCUT2D eigenvalue weighted by atomic mass is 10.1. The van der Waals surface area contributed by atoms with Gasteiger partial charge in [0.15, 0.2) is 0 Å². The van der Waals surface area contributed by atoms with Crippen molar-refractivity contribution in [3.8, 4) is 5.75 Å². The summed E-state index contributed by atoms with van der Waals surface area (Å²) >= 11 is 0. The monoisotopic (exact) mass is 390 g/mol. The number of fused-ring (bicyclic) bond motifs is 1. The van der Waals surface area contributed by atoms with E-state index < -0.39 is 0 Å². The first-order valence-electron chi connectivity index (χ1n) is 9.69. The molecule has 0 atom stereocenters. The minimum absolute atomic E-state index is 0.0485. The molecule has 0 radical (unpaired) electrons. The van der Waals surface area contributed by atoms with Crippen molar-refractivity contribution >= 4 is 22.6 Å². The van der Waals surface area contributed by atoms with E-state index in [1.807, 2.05) is 32.0 Å². The van der Waals surface area contributed by atoms with E-state index in [-0.39, 0.29) is 24.5 Å². The number of carbonyl (C=O) groups is 2. The molecule has 0 heterocycles. The molecule has 29 heavy (non-hydrogen) atoms.